The number of hydrogen-bond acceptors (Lipinski definition) is 10. The second-order valence-corrected chi connectivity index (χ2v) is 14.3. The van der Waals surface area contributed by atoms with Gasteiger partial charge in [0, 0.05) is 38.8 Å². The summed E-state index contributed by atoms with van der Waals surface area (Å²) in [5, 5.41) is 2.81. The van der Waals surface area contributed by atoms with E-state index >= 15 is 0 Å². The third-order valence-corrected chi connectivity index (χ3v) is 9.16. The number of hydrogen-bond donors (Lipinski definition) is 3. The molecule has 1 aliphatic rings. The summed E-state index contributed by atoms with van der Waals surface area (Å²) in [5.41, 5.74) is 3.97. The molecule has 4 aromatic rings. The Morgan fingerprint density at radius 2 is 1.80 bits per heavy atom. The van der Waals surface area contributed by atoms with Gasteiger partial charge in [-0.3, -0.25) is 14.3 Å². The summed E-state index contributed by atoms with van der Waals surface area (Å²) in [4.78, 5) is 51.7. The number of para-hydroxylation sites is 1. The Balaban J connectivity index is 1.24. The van der Waals surface area contributed by atoms with Gasteiger partial charge in [-0.2, -0.15) is 0 Å². The molecule has 3 aromatic carbocycles. The van der Waals surface area contributed by atoms with Crippen molar-refractivity contribution in [2.45, 2.75) is 26.2 Å². The smallest absolute Gasteiger partial charge is 0.259 e. The highest BCUT2D eigenvalue weighted by Gasteiger charge is 2.22. The SMILES string of the molecule is COc1cc(C(=O)N(C)c2ccc(C)cc2OCCCCC(=C=O)N2CCN(C)CC2)ccc1C(=O)Nc1cccc2nc(NS(C)(=O)=O)[nH]c12. The van der Waals surface area contributed by atoms with Crippen LogP contribution < -0.4 is 24.4 Å². The van der Waals surface area contributed by atoms with E-state index < -0.39 is 15.9 Å². The Kier molecular flexibility index (Phi) is 11.7. The molecule has 0 spiro atoms. The molecule has 270 valence electrons. The number of piperazine rings is 1. The molecule has 3 N–H and O–H groups in total. The first kappa shape index (κ1) is 36.9. The summed E-state index contributed by atoms with van der Waals surface area (Å²) in [6.07, 6.45) is 3.13. The van der Waals surface area contributed by atoms with Gasteiger partial charge in [0.2, 0.25) is 16.0 Å². The van der Waals surface area contributed by atoms with Crippen LogP contribution in [0.5, 0.6) is 11.5 Å². The molecule has 0 atom stereocenters. The first-order chi connectivity index (χ1) is 24.4. The normalized spacial score (nSPS) is 13.4. The zero-order chi connectivity index (χ0) is 36.7. The number of benzene rings is 3. The number of fused-ring (bicyclic) bond motifs is 1. The van der Waals surface area contributed by atoms with Crippen LogP contribution in [-0.2, 0) is 14.8 Å². The number of anilines is 3. The number of likely N-dealkylation sites (N-methyl/N-ethyl adjacent to an activating group) is 1. The molecule has 0 unspecified atom stereocenters. The lowest BCUT2D eigenvalue weighted by atomic mass is 10.1. The van der Waals surface area contributed by atoms with E-state index in [1.54, 1.807) is 31.3 Å². The second kappa shape index (κ2) is 16.1. The quantitative estimate of drug-likeness (QED) is 0.127. The lowest BCUT2D eigenvalue weighted by molar-refractivity contribution is 0.0987. The van der Waals surface area contributed by atoms with Crippen LogP contribution in [0.3, 0.4) is 0 Å². The van der Waals surface area contributed by atoms with Gasteiger partial charge in [-0.15, -0.1) is 0 Å². The minimum absolute atomic E-state index is 0.0169. The van der Waals surface area contributed by atoms with Gasteiger partial charge in [0.15, 0.2) is 0 Å². The third kappa shape index (κ3) is 9.25. The van der Waals surface area contributed by atoms with E-state index in [-0.39, 0.29) is 23.2 Å². The Hall–Kier alpha value is -5.37. The first-order valence-electron chi connectivity index (χ1n) is 16.5. The molecule has 0 radical (unpaired) electrons. The molecule has 0 saturated carbocycles. The van der Waals surface area contributed by atoms with E-state index in [1.165, 1.54) is 24.1 Å². The summed E-state index contributed by atoms with van der Waals surface area (Å²) in [6.45, 7) is 5.84. The standard InChI is InChI=1S/C36H43N7O7S/c1-24-12-15-30(32(21-24)50-20-7-6-9-26(23-44)43-18-16-41(2)17-19-43)42(3)35(46)25-13-14-27(31(22-25)49-4)34(45)37-28-10-8-11-29-33(28)39-36(38-29)40-51(5,47)48/h8,10-15,21-22H,6-7,9,16-20H2,1-5H3,(H,37,45)(H2,38,39,40). The lowest BCUT2D eigenvalue weighted by Gasteiger charge is -2.34. The van der Waals surface area contributed by atoms with E-state index in [4.69, 9.17) is 9.47 Å². The highest BCUT2D eigenvalue weighted by atomic mass is 32.2. The highest BCUT2D eigenvalue weighted by Crippen LogP contribution is 2.32. The predicted octanol–water partition coefficient (Wildman–Crippen LogP) is 4.29. The van der Waals surface area contributed by atoms with E-state index in [2.05, 4.69) is 42.8 Å². The summed E-state index contributed by atoms with van der Waals surface area (Å²) in [6, 6.07) is 15.2. The molecule has 1 aromatic heterocycles. The fourth-order valence-electron chi connectivity index (χ4n) is 5.80. The van der Waals surface area contributed by atoms with Gasteiger partial charge in [0.25, 0.3) is 11.8 Å². The van der Waals surface area contributed by atoms with Crippen LogP contribution in [0, 0.1) is 6.92 Å². The number of nitrogens with one attached hydrogen (secondary N) is 3. The van der Waals surface area contributed by atoms with Crippen LogP contribution in [0.25, 0.3) is 11.0 Å². The fourth-order valence-corrected chi connectivity index (χ4v) is 6.25. The average molecular weight is 718 g/mol. The molecular formula is C36H43N7O7S. The van der Waals surface area contributed by atoms with Crippen molar-refractivity contribution in [3.8, 4) is 11.5 Å². The van der Waals surface area contributed by atoms with Crippen molar-refractivity contribution in [1.29, 1.82) is 0 Å². The largest absolute Gasteiger partial charge is 0.496 e. The van der Waals surface area contributed by atoms with Crippen LogP contribution in [0.1, 0.15) is 45.5 Å². The summed E-state index contributed by atoms with van der Waals surface area (Å²) < 4.78 is 37.3. The summed E-state index contributed by atoms with van der Waals surface area (Å²) in [5.74, 6) is 2.05. The van der Waals surface area contributed by atoms with E-state index in [0.717, 1.165) is 50.8 Å². The predicted molar refractivity (Wildman–Crippen MR) is 197 cm³/mol. The van der Waals surface area contributed by atoms with Crippen LogP contribution >= 0.6 is 0 Å². The number of amides is 2. The Morgan fingerprint density at radius 3 is 2.51 bits per heavy atom. The third-order valence-electron chi connectivity index (χ3n) is 8.59. The molecule has 0 bridgehead atoms. The van der Waals surface area contributed by atoms with Crippen LogP contribution in [-0.4, -0.2) is 106 Å². The number of nitrogens with zero attached hydrogens (tertiary/aromatic N) is 4. The van der Waals surface area contributed by atoms with E-state index in [1.807, 2.05) is 25.1 Å². The van der Waals surface area contributed by atoms with Crippen molar-refractivity contribution >= 4 is 56.1 Å². The average Bonchev–Trinajstić information content (AvgIpc) is 3.51. The van der Waals surface area contributed by atoms with Crippen molar-refractivity contribution in [1.82, 2.24) is 19.8 Å². The second-order valence-electron chi connectivity index (χ2n) is 12.5. The summed E-state index contributed by atoms with van der Waals surface area (Å²) >= 11 is 0. The maximum Gasteiger partial charge on any atom is 0.259 e. The number of allylic oxidation sites excluding steroid dienone is 1. The number of aromatic amines is 1. The van der Waals surface area contributed by atoms with Gasteiger partial charge in [-0.05, 0) is 81.3 Å². The van der Waals surface area contributed by atoms with Gasteiger partial charge in [-0.25, -0.2) is 18.2 Å². The molecule has 51 heavy (non-hydrogen) atoms. The Labute approximate surface area is 297 Å². The van der Waals surface area contributed by atoms with Crippen LogP contribution in [0.15, 0.2) is 60.3 Å². The Morgan fingerprint density at radius 1 is 1.04 bits per heavy atom. The minimum Gasteiger partial charge on any atom is -0.496 e. The number of carbonyl (C=O) groups is 2. The molecular weight excluding hydrogens is 675 g/mol. The van der Waals surface area contributed by atoms with Crippen LogP contribution in [0.2, 0.25) is 0 Å². The molecule has 15 heteroatoms. The van der Waals surface area contributed by atoms with Gasteiger partial charge in [0.05, 0.1) is 53.6 Å². The summed E-state index contributed by atoms with van der Waals surface area (Å²) in [7, 11) is 1.57. The number of sulfonamides is 1. The zero-order valence-electron chi connectivity index (χ0n) is 29.4. The number of imidazole rings is 1. The van der Waals surface area contributed by atoms with Crippen molar-refractivity contribution < 1.29 is 32.3 Å². The zero-order valence-corrected chi connectivity index (χ0v) is 30.2. The fraction of sp³-hybridized carbons (Fsp3) is 0.361. The van der Waals surface area contributed by atoms with E-state index in [9.17, 15) is 22.8 Å². The minimum atomic E-state index is -3.57. The molecule has 1 saturated heterocycles. The number of aryl methyl sites for hydroxylation is 1. The maximum absolute atomic E-state index is 13.7. The van der Waals surface area contributed by atoms with Crippen molar-refractivity contribution in [3.63, 3.8) is 0 Å². The van der Waals surface area contributed by atoms with Gasteiger partial charge >= 0.3 is 0 Å². The van der Waals surface area contributed by atoms with Gasteiger partial charge in [0.1, 0.15) is 17.4 Å². The Bertz CT molecular complexity index is 2070. The van der Waals surface area contributed by atoms with Crippen molar-refractivity contribution in [3.05, 3.63) is 77.0 Å². The van der Waals surface area contributed by atoms with Gasteiger partial charge in [-0.1, -0.05) is 12.1 Å². The molecule has 0 aliphatic carbocycles. The number of rotatable bonds is 14. The lowest BCUT2D eigenvalue weighted by Crippen LogP contribution is -2.44. The number of unbranched alkanes of at least 4 members (excludes halogenated alkanes) is 1. The number of ether oxygens (including phenoxy) is 2. The van der Waals surface area contributed by atoms with E-state index in [0.29, 0.717) is 52.4 Å². The number of H-pyrrole nitrogens is 1. The molecule has 2 amide bonds. The topological polar surface area (TPSA) is 166 Å². The van der Waals surface area contributed by atoms with Crippen LogP contribution in [0.4, 0.5) is 17.3 Å². The van der Waals surface area contributed by atoms with Gasteiger partial charge < -0.3 is 34.5 Å². The molecule has 5 rings (SSSR count). The number of carbonyl (C=O) groups excluding carboxylic acids is 3. The van der Waals surface area contributed by atoms with Crippen molar-refractivity contribution in [2.24, 2.45) is 0 Å². The molecule has 14 nitrogen and oxygen atoms in total. The molecule has 1 fully saturated rings. The monoisotopic (exact) mass is 717 g/mol. The molecule has 2 heterocycles. The number of methoxy groups -OCH3 is 1. The molecule has 1 aliphatic heterocycles. The highest BCUT2D eigenvalue weighted by molar-refractivity contribution is 7.92. The maximum atomic E-state index is 13.7. The van der Waals surface area contributed by atoms with Crippen molar-refractivity contribution in [2.75, 3.05) is 75.2 Å². The number of aromatic nitrogens is 2. The first-order valence-corrected chi connectivity index (χ1v) is 18.4.